The van der Waals surface area contributed by atoms with Crippen molar-refractivity contribution in [3.8, 4) is 11.5 Å². The number of nitrogens with one attached hydrogen (secondary N) is 1. The number of nitro groups is 1. The molecule has 0 unspecified atom stereocenters. The molecule has 4 rings (SSSR count). The summed E-state index contributed by atoms with van der Waals surface area (Å²) in [7, 11) is 0. The molecule has 0 saturated heterocycles. The van der Waals surface area contributed by atoms with Crippen LogP contribution in [0.4, 0.5) is 5.69 Å². The SMILES string of the molecule is Cc1c(C(=O)NCc2ccc(-n3ccnc3)nc2)nnn1-c1cccc([N+](=O)[O-])c1. The van der Waals surface area contributed by atoms with Crippen molar-refractivity contribution in [1.29, 1.82) is 0 Å². The van der Waals surface area contributed by atoms with Crippen LogP contribution in [0.1, 0.15) is 21.7 Å². The van der Waals surface area contributed by atoms with Gasteiger partial charge < -0.3 is 5.32 Å². The second kappa shape index (κ2) is 7.91. The highest BCUT2D eigenvalue weighted by Gasteiger charge is 2.18. The van der Waals surface area contributed by atoms with Gasteiger partial charge in [-0.05, 0) is 24.6 Å². The first-order valence-electron chi connectivity index (χ1n) is 8.91. The smallest absolute Gasteiger partial charge is 0.274 e. The van der Waals surface area contributed by atoms with Crippen molar-refractivity contribution in [1.82, 2.24) is 34.8 Å². The lowest BCUT2D eigenvalue weighted by atomic mass is 10.2. The molecule has 0 fully saturated rings. The van der Waals surface area contributed by atoms with E-state index in [1.54, 1.807) is 48.5 Å². The van der Waals surface area contributed by atoms with Crippen molar-refractivity contribution in [2.45, 2.75) is 13.5 Å². The minimum Gasteiger partial charge on any atom is -0.346 e. The zero-order valence-electron chi connectivity index (χ0n) is 15.8. The molecule has 0 saturated carbocycles. The molecule has 1 aromatic carbocycles. The Morgan fingerprint density at radius 2 is 2.13 bits per heavy atom. The van der Waals surface area contributed by atoms with Gasteiger partial charge in [0.15, 0.2) is 5.69 Å². The molecule has 0 radical (unpaired) electrons. The molecule has 11 heteroatoms. The molecule has 0 spiro atoms. The number of carbonyl (C=O) groups excluding carboxylic acids is 1. The van der Waals surface area contributed by atoms with Crippen LogP contribution < -0.4 is 5.32 Å². The molecule has 0 aliphatic heterocycles. The average Bonchev–Trinajstić information content (AvgIpc) is 3.42. The van der Waals surface area contributed by atoms with Crippen molar-refractivity contribution in [2.24, 2.45) is 0 Å². The van der Waals surface area contributed by atoms with Crippen LogP contribution in [0.15, 0.2) is 61.3 Å². The highest BCUT2D eigenvalue weighted by atomic mass is 16.6. The summed E-state index contributed by atoms with van der Waals surface area (Å²) in [5.74, 6) is 0.321. The first-order chi connectivity index (χ1) is 14.5. The number of imidazole rings is 1. The Kier molecular flexibility index (Phi) is 4.99. The molecule has 3 heterocycles. The third kappa shape index (κ3) is 3.76. The number of nitrogens with zero attached hydrogens (tertiary/aromatic N) is 7. The molecular weight excluding hydrogens is 388 g/mol. The van der Waals surface area contributed by atoms with E-state index in [2.05, 4.69) is 25.6 Å². The van der Waals surface area contributed by atoms with Gasteiger partial charge >= 0.3 is 0 Å². The fraction of sp³-hybridized carbons (Fsp3) is 0.105. The number of rotatable bonds is 6. The number of pyridine rings is 1. The molecule has 1 amide bonds. The van der Waals surface area contributed by atoms with Gasteiger partial charge in [0, 0.05) is 37.3 Å². The number of non-ortho nitro benzene ring substituents is 1. The van der Waals surface area contributed by atoms with Crippen LogP contribution in [0.5, 0.6) is 0 Å². The Labute approximate surface area is 170 Å². The first kappa shape index (κ1) is 18.9. The second-order valence-electron chi connectivity index (χ2n) is 6.39. The van der Waals surface area contributed by atoms with Crippen LogP contribution in [0.3, 0.4) is 0 Å². The number of hydrogen-bond acceptors (Lipinski definition) is 7. The maximum atomic E-state index is 12.5. The summed E-state index contributed by atoms with van der Waals surface area (Å²) in [4.78, 5) is 31.3. The van der Waals surface area contributed by atoms with Crippen LogP contribution >= 0.6 is 0 Å². The number of amides is 1. The van der Waals surface area contributed by atoms with E-state index in [1.807, 2.05) is 12.1 Å². The Hall–Kier alpha value is -4.41. The number of carbonyl (C=O) groups is 1. The van der Waals surface area contributed by atoms with Crippen LogP contribution in [-0.2, 0) is 6.54 Å². The van der Waals surface area contributed by atoms with E-state index in [4.69, 9.17) is 0 Å². The van der Waals surface area contributed by atoms with Gasteiger partial charge in [-0.3, -0.25) is 19.5 Å². The molecular formula is C19H16N8O3. The summed E-state index contributed by atoms with van der Waals surface area (Å²) in [6.07, 6.45) is 6.77. The number of benzene rings is 1. The van der Waals surface area contributed by atoms with Crippen molar-refractivity contribution in [3.05, 3.63) is 88.4 Å². The standard InChI is InChI=1S/C19H16N8O3/c1-13-18(23-24-26(13)15-3-2-4-16(9-15)27(29)30)19(28)22-11-14-5-6-17(21-10-14)25-8-7-20-12-25/h2-10,12H,11H2,1H3,(H,22,28). The highest BCUT2D eigenvalue weighted by Crippen LogP contribution is 2.18. The predicted molar refractivity (Wildman–Crippen MR) is 105 cm³/mol. The van der Waals surface area contributed by atoms with E-state index in [-0.39, 0.29) is 17.9 Å². The van der Waals surface area contributed by atoms with E-state index in [0.29, 0.717) is 11.4 Å². The molecule has 3 aromatic heterocycles. The Balaban J connectivity index is 1.46. The second-order valence-corrected chi connectivity index (χ2v) is 6.39. The van der Waals surface area contributed by atoms with Crippen molar-refractivity contribution < 1.29 is 9.72 Å². The van der Waals surface area contributed by atoms with Gasteiger partial charge in [0.25, 0.3) is 11.6 Å². The normalized spacial score (nSPS) is 10.7. The zero-order valence-corrected chi connectivity index (χ0v) is 15.8. The molecule has 150 valence electrons. The Morgan fingerprint density at radius 1 is 1.27 bits per heavy atom. The zero-order chi connectivity index (χ0) is 21.1. The number of aromatic nitrogens is 6. The van der Waals surface area contributed by atoms with E-state index < -0.39 is 10.8 Å². The van der Waals surface area contributed by atoms with E-state index in [0.717, 1.165) is 11.4 Å². The summed E-state index contributed by atoms with van der Waals surface area (Å²) in [6.45, 7) is 1.94. The Morgan fingerprint density at radius 3 is 2.83 bits per heavy atom. The van der Waals surface area contributed by atoms with Gasteiger partial charge in [-0.15, -0.1) is 5.10 Å². The largest absolute Gasteiger partial charge is 0.346 e. The van der Waals surface area contributed by atoms with E-state index >= 15 is 0 Å². The minimum absolute atomic E-state index is 0.0694. The van der Waals surface area contributed by atoms with Crippen molar-refractivity contribution >= 4 is 11.6 Å². The van der Waals surface area contributed by atoms with Gasteiger partial charge in [-0.1, -0.05) is 17.3 Å². The quantitative estimate of drug-likeness (QED) is 0.384. The Bertz CT molecular complexity index is 1200. The molecule has 11 nitrogen and oxygen atoms in total. The monoisotopic (exact) mass is 404 g/mol. The van der Waals surface area contributed by atoms with E-state index in [9.17, 15) is 14.9 Å². The lowest BCUT2D eigenvalue weighted by molar-refractivity contribution is -0.384. The predicted octanol–water partition coefficient (Wildman–Crippen LogP) is 1.99. The van der Waals surface area contributed by atoms with Crippen LogP contribution in [0.25, 0.3) is 11.5 Å². The third-order valence-electron chi connectivity index (χ3n) is 4.43. The molecule has 0 bridgehead atoms. The molecule has 0 atom stereocenters. The lowest BCUT2D eigenvalue weighted by Crippen LogP contribution is -2.24. The molecule has 0 aliphatic carbocycles. The lowest BCUT2D eigenvalue weighted by Gasteiger charge is -2.06. The summed E-state index contributed by atoms with van der Waals surface area (Å²) in [5, 5.41) is 21.7. The molecule has 1 N–H and O–H groups in total. The van der Waals surface area contributed by atoms with E-state index in [1.165, 1.54) is 16.8 Å². The fourth-order valence-corrected chi connectivity index (χ4v) is 2.86. The van der Waals surface area contributed by atoms with Crippen LogP contribution in [-0.4, -0.2) is 40.4 Å². The molecule has 4 aromatic rings. The van der Waals surface area contributed by atoms with Crippen LogP contribution in [0, 0.1) is 17.0 Å². The summed E-state index contributed by atoms with van der Waals surface area (Å²) in [5.41, 5.74) is 1.81. The van der Waals surface area contributed by atoms with Gasteiger partial charge in [-0.2, -0.15) is 0 Å². The van der Waals surface area contributed by atoms with Gasteiger partial charge in [0.1, 0.15) is 12.1 Å². The minimum atomic E-state index is -0.491. The number of nitro benzene ring substituents is 1. The average molecular weight is 404 g/mol. The molecule has 30 heavy (non-hydrogen) atoms. The maximum Gasteiger partial charge on any atom is 0.274 e. The summed E-state index contributed by atoms with van der Waals surface area (Å²) in [6, 6.07) is 9.65. The van der Waals surface area contributed by atoms with Crippen molar-refractivity contribution in [2.75, 3.05) is 0 Å². The van der Waals surface area contributed by atoms with Gasteiger partial charge in [0.2, 0.25) is 0 Å². The van der Waals surface area contributed by atoms with Gasteiger partial charge in [0.05, 0.1) is 16.3 Å². The first-order valence-corrected chi connectivity index (χ1v) is 8.91. The summed E-state index contributed by atoms with van der Waals surface area (Å²) < 4.78 is 3.17. The van der Waals surface area contributed by atoms with Crippen molar-refractivity contribution in [3.63, 3.8) is 0 Å². The van der Waals surface area contributed by atoms with Crippen LogP contribution in [0.2, 0.25) is 0 Å². The number of hydrogen-bond donors (Lipinski definition) is 1. The van der Waals surface area contributed by atoms with Gasteiger partial charge in [-0.25, -0.2) is 14.6 Å². The fourth-order valence-electron chi connectivity index (χ4n) is 2.86. The topological polar surface area (TPSA) is 134 Å². The molecule has 0 aliphatic rings. The summed E-state index contributed by atoms with van der Waals surface area (Å²) >= 11 is 0. The highest BCUT2D eigenvalue weighted by molar-refractivity contribution is 5.93. The maximum absolute atomic E-state index is 12.5. The third-order valence-corrected chi connectivity index (χ3v) is 4.43.